The van der Waals surface area contributed by atoms with Gasteiger partial charge in [0.25, 0.3) is 0 Å². The molecular formula is C43H70O9. The Hall–Kier alpha value is -2.63. The number of esters is 1. The Balaban J connectivity index is 2.40. The zero-order valence-corrected chi connectivity index (χ0v) is 32.0. The number of ether oxygens (including phenoxy) is 4. The molecule has 0 amide bonds. The van der Waals surface area contributed by atoms with Gasteiger partial charge in [-0.1, -0.05) is 125 Å². The molecule has 0 aliphatic carbocycles. The van der Waals surface area contributed by atoms with Gasteiger partial charge in [-0.05, 0) is 70.6 Å². The average molecular weight is 731 g/mol. The third kappa shape index (κ3) is 25.4. The van der Waals surface area contributed by atoms with E-state index in [1.807, 2.05) is 6.08 Å². The average Bonchev–Trinajstić information content (AvgIpc) is 3.14. The van der Waals surface area contributed by atoms with E-state index in [4.69, 9.17) is 18.9 Å². The molecule has 296 valence electrons. The van der Waals surface area contributed by atoms with Crippen molar-refractivity contribution in [3.05, 3.63) is 85.1 Å². The topological polar surface area (TPSA) is 135 Å². The molecule has 4 N–H and O–H groups in total. The fraction of sp³-hybridized carbons (Fsp3) is 0.651. The summed E-state index contributed by atoms with van der Waals surface area (Å²) >= 11 is 0. The summed E-state index contributed by atoms with van der Waals surface area (Å²) < 4.78 is 22.6. The van der Waals surface area contributed by atoms with Gasteiger partial charge in [0.1, 0.15) is 30.5 Å². The summed E-state index contributed by atoms with van der Waals surface area (Å²) in [7, 11) is 0. The third-order valence-electron chi connectivity index (χ3n) is 8.30. The maximum absolute atomic E-state index is 12.7. The predicted octanol–water partition coefficient (Wildman–Crippen LogP) is 7.91. The van der Waals surface area contributed by atoms with Crippen LogP contribution in [-0.2, 0) is 23.7 Å². The van der Waals surface area contributed by atoms with Gasteiger partial charge in [-0.25, -0.2) is 0 Å². The lowest BCUT2D eigenvalue weighted by atomic mass is 9.99. The first-order valence-corrected chi connectivity index (χ1v) is 19.7. The first-order valence-electron chi connectivity index (χ1n) is 19.7. The minimum atomic E-state index is -1.56. The first-order chi connectivity index (χ1) is 25.4. The van der Waals surface area contributed by atoms with Crippen molar-refractivity contribution >= 4 is 5.97 Å². The van der Waals surface area contributed by atoms with E-state index in [1.165, 1.54) is 6.42 Å². The molecule has 0 spiro atoms. The van der Waals surface area contributed by atoms with Crippen LogP contribution < -0.4 is 0 Å². The Morgan fingerprint density at radius 3 is 1.77 bits per heavy atom. The fourth-order valence-electron chi connectivity index (χ4n) is 5.24. The molecule has 52 heavy (non-hydrogen) atoms. The number of aliphatic hydroxyl groups is 4. The van der Waals surface area contributed by atoms with E-state index in [1.54, 1.807) is 0 Å². The van der Waals surface area contributed by atoms with Crippen molar-refractivity contribution in [2.45, 2.75) is 153 Å². The number of allylic oxidation sites excluding steroid dienone is 13. The Labute approximate surface area is 314 Å². The molecule has 0 bridgehead atoms. The number of hydrogen-bond donors (Lipinski definition) is 4. The SMILES string of the molecule is CC/C=C\C/C=C\C/C=C\C/C=C\C/C=C\CCOCC(COC1OC(CO)C(O)C(O)C1O)OC(=O)CCCCCCC/C=C\C/C=C\CCC. The van der Waals surface area contributed by atoms with Crippen LogP contribution in [0.3, 0.4) is 0 Å². The molecule has 0 aromatic carbocycles. The van der Waals surface area contributed by atoms with Crippen molar-refractivity contribution in [2.24, 2.45) is 0 Å². The second kappa shape index (κ2) is 34.2. The quantitative estimate of drug-likeness (QED) is 0.0319. The highest BCUT2D eigenvalue weighted by atomic mass is 16.7. The standard InChI is InChI=1S/C43H70O9/c1-3-5-7-9-11-13-15-17-18-19-21-23-25-27-29-31-33-49-35-37(36-50-43-42(48)41(47)40(46)38(34-44)52-43)51-39(45)32-30-28-26-24-22-20-16-14-12-10-8-6-4-2/h5,7-8,10-11,13-14,16-18,21,23,27,29,37-38,40-44,46-48H,3-4,6,9,12,15,19-20,22,24-26,28,30-36H2,1-2H3/b7-5-,10-8-,13-11-,16-14-,18-17-,23-21-,29-27-. The van der Waals surface area contributed by atoms with Gasteiger partial charge in [0.05, 0.1) is 26.4 Å². The molecule has 1 aliphatic heterocycles. The highest BCUT2D eigenvalue weighted by molar-refractivity contribution is 5.69. The van der Waals surface area contributed by atoms with Crippen LogP contribution in [0.2, 0.25) is 0 Å². The van der Waals surface area contributed by atoms with Crippen molar-refractivity contribution < 1.29 is 44.2 Å². The van der Waals surface area contributed by atoms with Crippen molar-refractivity contribution in [1.29, 1.82) is 0 Å². The lowest BCUT2D eigenvalue weighted by Gasteiger charge is -2.39. The highest BCUT2D eigenvalue weighted by Crippen LogP contribution is 2.22. The molecule has 1 fully saturated rings. The zero-order valence-electron chi connectivity index (χ0n) is 32.0. The van der Waals surface area contributed by atoms with E-state index in [-0.39, 0.29) is 25.6 Å². The number of unbranched alkanes of at least 4 members (excludes halogenated alkanes) is 6. The Morgan fingerprint density at radius 1 is 0.635 bits per heavy atom. The Kier molecular flexibility index (Phi) is 31.1. The number of hydrogen-bond acceptors (Lipinski definition) is 9. The maximum Gasteiger partial charge on any atom is 0.306 e. The number of carbonyl (C=O) groups is 1. The van der Waals surface area contributed by atoms with Crippen LogP contribution in [0.5, 0.6) is 0 Å². The van der Waals surface area contributed by atoms with Crippen LogP contribution in [0.1, 0.15) is 117 Å². The Morgan fingerprint density at radius 2 is 1.17 bits per heavy atom. The number of carbonyl (C=O) groups excluding carboxylic acids is 1. The van der Waals surface area contributed by atoms with Gasteiger partial charge < -0.3 is 39.4 Å². The second-order valence-electron chi connectivity index (χ2n) is 13.0. The minimum Gasteiger partial charge on any atom is -0.457 e. The summed E-state index contributed by atoms with van der Waals surface area (Å²) in [6.45, 7) is 4.10. The number of aliphatic hydroxyl groups excluding tert-OH is 4. The summed E-state index contributed by atoms with van der Waals surface area (Å²) in [5.74, 6) is -0.358. The van der Waals surface area contributed by atoms with E-state index in [0.29, 0.717) is 13.0 Å². The summed E-state index contributed by atoms with van der Waals surface area (Å²) in [5, 5.41) is 40.0. The largest absolute Gasteiger partial charge is 0.457 e. The van der Waals surface area contributed by atoms with Gasteiger partial charge in [0.15, 0.2) is 6.29 Å². The van der Waals surface area contributed by atoms with Crippen LogP contribution in [0.4, 0.5) is 0 Å². The molecule has 1 aliphatic rings. The number of rotatable bonds is 31. The molecule has 1 saturated heterocycles. The molecule has 1 heterocycles. The molecule has 0 radical (unpaired) electrons. The molecular weight excluding hydrogens is 660 g/mol. The van der Waals surface area contributed by atoms with Crippen LogP contribution >= 0.6 is 0 Å². The first kappa shape index (κ1) is 47.4. The van der Waals surface area contributed by atoms with E-state index in [2.05, 4.69) is 92.8 Å². The van der Waals surface area contributed by atoms with Crippen LogP contribution in [0, 0.1) is 0 Å². The molecule has 6 atom stereocenters. The maximum atomic E-state index is 12.7. The van der Waals surface area contributed by atoms with Crippen LogP contribution in [0.15, 0.2) is 85.1 Å². The van der Waals surface area contributed by atoms with Crippen molar-refractivity contribution in [3.8, 4) is 0 Å². The normalized spacial score (nSPS) is 22.2. The van der Waals surface area contributed by atoms with Gasteiger partial charge in [-0.15, -0.1) is 0 Å². The lowest BCUT2D eigenvalue weighted by molar-refractivity contribution is -0.305. The fourth-order valence-corrected chi connectivity index (χ4v) is 5.24. The van der Waals surface area contributed by atoms with E-state index < -0.39 is 43.4 Å². The molecule has 9 heteroatoms. The molecule has 9 nitrogen and oxygen atoms in total. The second-order valence-corrected chi connectivity index (χ2v) is 13.0. The summed E-state index contributed by atoms with van der Waals surface area (Å²) in [4.78, 5) is 12.7. The molecule has 0 saturated carbocycles. The summed E-state index contributed by atoms with van der Waals surface area (Å²) in [6.07, 6.45) is 37.7. The third-order valence-corrected chi connectivity index (χ3v) is 8.30. The van der Waals surface area contributed by atoms with Crippen molar-refractivity contribution in [2.75, 3.05) is 26.4 Å². The molecule has 1 rings (SSSR count). The smallest absolute Gasteiger partial charge is 0.306 e. The molecule has 0 aromatic heterocycles. The van der Waals surface area contributed by atoms with Crippen LogP contribution in [0.25, 0.3) is 0 Å². The van der Waals surface area contributed by atoms with Gasteiger partial charge in [-0.2, -0.15) is 0 Å². The van der Waals surface area contributed by atoms with Gasteiger partial charge >= 0.3 is 5.97 Å². The van der Waals surface area contributed by atoms with Gasteiger partial charge in [-0.3, -0.25) is 4.79 Å². The summed E-state index contributed by atoms with van der Waals surface area (Å²) in [5.41, 5.74) is 0. The molecule has 6 unspecified atom stereocenters. The van der Waals surface area contributed by atoms with E-state index in [0.717, 1.165) is 83.5 Å². The van der Waals surface area contributed by atoms with Gasteiger partial charge in [0, 0.05) is 6.42 Å². The Bertz CT molecular complexity index is 1060. The monoisotopic (exact) mass is 731 g/mol. The lowest BCUT2D eigenvalue weighted by Crippen LogP contribution is -2.59. The van der Waals surface area contributed by atoms with Crippen LogP contribution in [-0.4, -0.2) is 89.6 Å². The van der Waals surface area contributed by atoms with Crippen molar-refractivity contribution in [3.63, 3.8) is 0 Å². The highest BCUT2D eigenvalue weighted by Gasteiger charge is 2.44. The summed E-state index contributed by atoms with van der Waals surface area (Å²) in [6, 6.07) is 0. The predicted molar refractivity (Wildman–Crippen MR) is 210 cm³/mol. The van der Waals surface area contributed by atoms with Crippen molar-refractivity contribution in [1.82, 2.24) is 0 Å². The van der Waals surface area contributed by atoms with E-state index in [9.17, 15) is 25.2 Å². The molecule has 0 aromatic rings. The zero-order chi connectivity index (χ0) is 37.9. The van der Waals surface area contributed by atoms with E-state index >= 15 is 0 Å². The minimum absolute atomic E-state index is 0.0791. The van der Waals surface area contributed by atoms with Gasteiger partial charge in [0.2, 0.25) is 0 Å².